The van der Waals surface area contributed by atoms with E-state index in [1.54, 1.807) is 7.11 Å². The third-order valence-corrected chi connectivity index (χ3v) is 3.57. The first kappa shape index (κ1) is 16.8. The lowest BCUT2D eigenvalue weighted by atomic mass is 10.00. The molecule has 3 N–H and O–H groups in total. The molecule has 0 unspecified atom stereocenters. The van der Waals surface area contributed by atoms with Crippen LogP contribution in [-0.2, 0) is 9.53 Å². The van der Waals surface area contributed by atoms with E-state index in [9.17, 15) is 9.59 Å². The fraction of sp³-hybridized carbons (Fsp3) is 0.857. The molecule has 1 aliphatic rings. The predicted octanol–water partition coefficient (Wildman–Crippen LogP) is 1.16. The highest BCUT2D eigenvalue weighted by Gasteiger charge is 2.24. The summed E-state index contributed by atoms with van der Waals surface area (Å²) in [7, 11) is 1.66. The minimum Gasteiger partial charge on any atom is -0.379 e. The lowest BCUT2D eigenvalue weighted by Gasteiger charge is -2.27. The Morgan fingerprint density at radius 2 is 2.20 bits per heavy atom. The summed E-state index contributed by atoms with van der Waals surface area (Å²) in [6, 6.07) is -0.759. The number of methoxy groups -OCH3 is 1. The van der Waals surface area contributed by atoms with Gasteiger partial charge in [-0.2, -0.15) is 0 Å². The van der Waals surface area contributed by atoms with Crippen LogP contribution >= 0.6 is 0 Å². The molecule has 0 radical (unpaired) electrons. The lowest BCUT2D eigenvalue weighted by Crippen LogP contribution is -2.51. The monoisotopic (exact) mass is 285 g/mol. The van der Waals surface area contributed by atoms with Crippen molar-refractivity contribution in [2.75, 3.05) is 13.7 Å². The summed E-state index contributed by atoms with van der Waals surface area (Å²) in [5, 5.41) is 8.39. The molecular formula is C14H27N3O3. The van der Waals surface area contributed by atoms with Crippen LogP contribution in [-0.4, -0.2) is 43.3 Å². The van der Waals surface area contributed by atoms with Gasteiger partial charge in [0.1, 0.15) is 6.04 Å². The molecule has 1 heterocycles. The van der Waals surface area contributed by atoms with Crippen LogP contribution in [0.15, 0.2) is 0 Å². The first-order valence-electron chi connectivity index (χ1n) is 7.24. The molecule has 1 aliphatic heterocycles. The number of rotatable bonds is 5. The van der Waals surface area contributed by atoms with E-state index in [1.165, 1.54) is 0 Å². The Labute approximate surface area is 121 Å². The molecule has 3 amide bonds. The van der Waals surface area contributed by atoms with E-state index in [0.717, 1.165) is 12.8 Å². The highest BCUT2D eigenvalue weighted by Crippen LogP contribution is 2.15. The summed E-state index contributed by atoms with van der Waals surface area (Å²) in [4.78, 5) is 23.6. The van der Waals surface area contributed by atoms with Gasteiger partial charge >= 0.3 is 6.03 Å². The number of carbonyl (C=O) groups is 2. The molecule has 20 heavy (non-hydrogen) atoms. The number of hydrogen-bond donors (Lipinski definition) is 3. The molecule has 2 atom stereocenters. The standard InChI is InChI=1S/C14H27N3O3/c1-10(9-14(2,3)20-4)16-13(19)17-11-7-5-6-8-15-12(11)18/h10-11H,5-9H2,1-4H3,(H,15,18)(H2,16,17,19)/t10-,11-/m1/s1. The largest absolute Gasteiger partial charge is 0.379 e. The number of nitrogens with one attached hydrogen (secondary N) is 3. The molecule has 1 fully saturated rings. The van der Waals surface area contributed by atoms with Crippen molar-refractivity contribution in [2.45, 2.75) is 64.1 Å². The zero-order valence-corrected chi connectivity index (χ0v) is 12.9. The predicted molar refractivity (Wildman–Crippen MR) is 77.5 cm³/mol. The SMILES string of the molecule is COC(C)(C)C[C@@H](C)NC(=O)N[C@@H]1CCCCNC1=O. The van der Waals surface area contributed by atoms with Gasteiger partial charge in [0, 0.05) is 19.7 Å². The summed E-state index contributed by atoms with van der Waals surface area (Å²) in [6.07, 6.45) is 3.30. The van der Waals surface area contributed by atoms with Crippen molar-refractivity contribution < 1.29 is 14.3 Å². The minimum atomic E-state index is -0.430. The number of amides is 3. The summed E-state index contributed by atoms with van der Waals surface area (Å²) in [5.41, 5.74) is -0.285. The Morgan fingerprint density at radius 3 is 2.85 bits per heavy atom. The Bertz CT molecular complexity index is 345. The van der Waals surface area contributed by atoms with Crippen LogP contribution in [0, 0.1) is 0 Å². The molecule has 0 bridgehead atoms. The quantitative estimate of drug-likeness (QED) is 0.709. The number of carbonyl (C=O) groups excluding carboxylic acids is 2. The molecule has 6 heteroatoms. The van der Waals surface area contributed by atoms with Crippen LogP contribution in [0.3, 0.4) is 0 Å². The van der Waals surface area contributed by atoms with Gasteiger partial charge in [-0.1, -0.05) is 0 Å². The van der Waals surface area contributed by atoms with Gasteiger partial charge in [-0.15, -0.1) is 0 Å². The van der Waals surface area contributed by atoms with Gasteiger partial charge in [0.2, 0.25) is 5.91 Å². The Balaban J connectivity index is 2.40. The van der Waals surface area contributed by atoms with Crippen LogP contribution in [0.5, 0.6) is 0 Å². The molecule has 0 spiro atoms. The second-order valence-electron chi connectivity index (χ2n) is 6.03. The second-order valence-corrected chi connectivity index (χ2v) is 6.03. The normalized spacial score (nSPS) is 21.6. The maximum Gasteiger partial charge on any atom is 0.315 e. The molecule has 0 aromatic rings. The number of ether oxygens (including phenoxy) is 1. The summed E-state index contributed by atoms with van der Waals surface area (Å²) >= 11 is 0. The Morgan fingerprint density at radius 1 is 1.50 bits per heavy atom. The molecule has 0 saturated carbocycles. The van der Waals surface area contributed by atoms with Crippen LogP contribution in [0.4, 0.5) is 4.79 Å². The van der Waals surface area contributed by atoms with Gasteiger partial charge < -0.3 is 20.7 Å². The average molecular weight is 285 g/mol. The fourth-order valence-corrected chi connectivity index (χ4v) is 2.37. The summed E-state index contributed by atoms with van der Waals surface area (Å²) in [6.45, 7) is 6.56. The molecule has 116 valence electrons. The van der Waals surface area contributed by atoms with Crippen molar-refractivity contribution >= 4 is 11.9 Å². The van der Waals surface area contributed by atoms with Crippen molar-refractivity contribution in [2.24, 2.45) is 0 Å². The van der Waals surface area contributed by atoms with Crippen molar-refractivity contribution in [3.63, 3.8) is 0 Å². The zero-order valence-electron chi connectivity index (χ0n) is 12.9. The molecule has 6 nitrogen and oxygen atoms in total. The average Bonchev–Trinajstić information content (AvgIpc) is 2.54. The summed E-state index contributed by atoms with van der Waals surface area (Å²) in [5.74, 6) is -0.0949. The molecule has 1 saturated heterocycles. The molecule has 0 aliphatic carbocycles. The first-order chi connectivity index (χ1) is 9.34. The molecule has 1 rings (SSSR count). The first-order valence-corrected chi connectivity index (χ1v) is 7.24. The van der Waals surface area contributed by atoms with E-state index < -0.39 is 6.04 Å². The minimum absolute atomic E-state index is 0.0289. The smallest absolute Gasteiger partial charge is 0.315 e. The molecular weight excluding hydrogens is 258 g/mol. The topological polar surface area (TPSA) is 79.5 Å². The lowest BCUT2D eigenvalue weighted by molar-refractivity contribution is -0.122. The maximum atomic E-state index is 11.9. The van der Waals surface area contributed by atoms with Gasteiger partial charge in [0.15, 0.2) is 0 Å². The van der Waals surface area contributed by atoms with Crippen molar-refractivity contribution in [3.8, 4) is 0 Å². The van der Waals surface area contributed by atoms with Crippen molar-refractivity contribution in [1.29, 1.82) is 0 Å². The van der Waals surface area contributed by atoms with E-state index in [4.69, 9.17) is 4.74 Å². The second kappa shape index (κ2) is 7.47. The maximum absolute atomic E-state index is 11.9. The zero-order chi connectivity index (χ0) is 15.2. The Hall–Kier alpha value is -1.30. The van der Waals surface area contributed by atoms with E-state index in [2.05, 4.69) is 16.0 Å². The van der Waals surface area contributed by atoms with E-state index in [1.807, 2.05) is 20.8 Å². The van der Waals surface area contributed by atoms with Gasteiger partial charge in [0.05, 0.1) is 5.60 Å². The van der Waals surface area contributed by atoms with Gasteiger partial charge in [-0.05, 0) is 46.5 Å². The third kappa shape index (κ3) is 5.77. The van der Waals surface area contributed by atoms with E-state index in [-0.39, 0.29) is 23.6 Å². The highest BCUT2D eigenvalue weighted by atomic mass is 16.5. The molecule has 0 aromatic carbocycles. The summed E-state index contributed by atoms with van der Waals surface area (Å²) < 4.78 is 5.34. The number of urea groups is 1. The molecule has 0 aromatic heterocycles. The van der Waals surface area contributed by atoms with Crippen LogP contribution in [0.2, 0.25) is 0 Å². The van der Waals surface area contributed by atoms with Gasteiger partial charge in [0.25, 0.3) is 0 Å². The highest BCUT2D eigenvalue weighted by molar-refractivity contribution is 5.87. The van der Waals surface area contributed by atoms with Gasteiger partial charge in [-0.25, -0.2) is 4.79 Å². The van der Waals surface area contributed by atoms with Crippen LogP contribution < -0.4 is 16.0 Å². The Kier molecular flexibility index (Phi) is 6.26. The van der Waals surface area contributed by atoms with E-state index in [0.29, 0.717) is 19.4 Å². The fourth-order valence-electron chi connectivity index (χ4n) is 2.37. The van der Waals surface area contributed by atoms with E-state index >= 15 is 0 Å². The third-order valence-electron chi connectivity index (χ3n) is 3.57. The van der Waals surface area contributed by atoms with Crippen molar-refractivity contribution in [1.82, 2.24) is 16.0 Å². The van der Waals surface area contributed by atoms with Gasteiger partial charge in [-0.3, -0.25) is 4.79 Å². The number of hydrogen-bond acceptors (Lipinski definition) is 3. The van der Waals surface area contributed by atoms with Crippen molar-refractivity contribution in [3.05, 3.63) is 0 Å². The van der Waals surface area contributed by atoms with Crippen LogP contribution in [0.1, 0.15) is 46.5 Å². The van der Waals surface area contributed by atoms with Crippen LogP contribution in [0.25, 0.3) is 0 Å².